The summed E-state index contributed by atoms with van der Waals surface area (Å²) in [6.07, 6.45) is 2.36. The SMILES string of the molecule is CCC[C@@H](NC(=O)N1CCC(C(N)=O)CC1)c1ccc(F)cc1F. The van der Waals surface area contributed by atoms with Gasteiger partial charge < -0.3 is 16.0 Å². The minimum Gasteiger partial charge on any atom is -0.369 e. The second-order valence-electron chi connectivity index (χ2n) is 6.12. The van der Waals surface area contributed by atoms with Crippen LogP contribution in [0, 0.1) is 17.6 Å². The number of nitrogens with zero attached hydrogens (tertiary/aromatic N) is 1. The summed E-state index contributed by atoms with van der Waals surface area (Å²) in [6, 6.07) is 2.55. The predicted octanol–water partition coefficient (Wildman–Crippen LogP) is 2.71. The number of halogens is 2. The van der Waals surface area contributed by atoms with E-state index in [2.05, 4.69) is 5.32 Å². The molecule has 1 fully saturated rings. The molecule has 0 spiro atoms. The van der Waals surface area contributed by atoms with Crippen molar-refractivity contribution in [2.45, 2.75) is 38.6 Å². The van der Waals surface area contributed by atoms with Crippen LogP contribution in [0.5, 0.6) is 0 Å². The predicted molar refractivity (Wildman–Crippen MR) is 86.0 cm³/mol. The van der Waals surface area contributed by atoms with Crippen molar-refractivity contribution in [2.24, 2.45) is 11.7 Å². The molecule has 0 saturated carbocycles. The third kappa shape index (κ3) is 4.43. The molecule has 3 amide bonds. The molecular weight excluding hydrogens is 316 g/mol. The molecule has 24 heavy (non-hydrogen) atoms. The normalized spacial score (nSPS) is 16.7. The molecule has 0 radical (unpaired) electrons. The minimum atomic E-state index is -0.666. The van der Waals surface area contributed by atoms with E-state index in [0.29, 0.717) is 32.4 Å². The lowest BCUT2D eigenvalue weighted by Crippen LogP contribution is -2.47. The lowest BCUT2D eigenvalue weighted by molar-refractivity contribution is -0.123. The molecule has 1 atom stereocenters. The molecule has 5 nitrogen and oxygen atoms in total. The Morgan fingerprint density at radius 3 is 2.54 bits per heavy atom. The van der Waals surface area contributed by atoms with Gasteiger partial charge in [0.05, 0.1) is 6.04 Å². The summed E-state index contributed by atoms with van der Waals surface area (Å²) in [5, 5.41) is 2.82. The molecule has 132 valence electrons. The second kappa shape index (κ2) is 8.08. The first kappa shape index (κ1) is 18.2. The van der Waals surface area contributed by atoms with E-state index in [4.69, 9.17) is 5.73 Å². The summed E-state index contributed by atoms with van der Waals surface area (Å²) in [4.78, 5) is 25.2. The van der Waals surface area contributed by atoms with Gasteiger partial charge in [0.15, 0.2) is 0 Å². The fourth-order valence-corrected chi connectivity index (χ4v) is 2.99. The molecular formula is C17H23F2N3O2. The van der Waals surface area contributed by atoms with Gasteiger partial charge in [-0.1, -0.05) is 19.4 Å². The van der Waals surface area contributed by atoms with Crippen molar-refractivity contribution in [3.05, 3.63) is 35.4 Å². The molecule has 3 N–H and O–H groups in total. The Balaban J connectivity index is 2.02. The van der Waals surface area contributed by atoms with Crippen LogP contribution in [-0.4, -0.2) is 29.9 Å². The van der Waals surface area contributed by atoms with Crippen LogP contribution in [0.25, 0.3) is 0 Å². The molecule has 7 heteroatoms. The van der Waals surface area contributed by atoms with Crippen molar-refractivity contribution in [1.82, 2.24) is 10.2 Å². The number of piperidine rings is 1. The number of carbonyl (C=O) groups excluding carboxylic acids is 2. The topological polar surface area (TPSA) is 75.4 Å². The highest BCUT2D eigenvalue weighted by atomic mass is 19.1. The molecule has 1 aromatic carbocycles. The number of rotatable bonds is 5. The van der Waals surface area contributed by atoms with Crippen molar-refractivity contribution >= 4 is 11.9 Å². The summed E-state index contributed by atoms with van der Waals surface area (Å²) in [7, 11) is 0. The Morgan fingerprint density at radius 1 is 1.33 bits per heavy atom. The smallest absolute Gasteiger partial charge is 0.317 e. The van der Waals surface area contributed by atoms with Gasteiger partial charge in [0.1, 0.15) is 11.6 Å². The molecule has 0 aromatic heterocycles. The van der Waals surface area contributed by atoms with E-state index in [1.165, 1.54) is 12.1 Å². The fourth-order valence-electron chi connectivity index (χ4n) is 2.99. The highest BCUT2D eigenvalue weighted by Gasteiger charge is 2.27. The van der Waals surface area contributed by atoms with Crippen molar-refractivity contribution in [2.75, 3.05) is 13.1 Å². The highest BCUT2D eigenvalue weighted by molar-refractivity contribution is 5.78. The van der Waals surface area contributed by atoms with Gasteiger partial charge in [-0.15, -0.1) is 0 Å². The first-order chi connectivity index (χ1) is 11.4. The molecule has 1 aliphatic rings. The van der Waals surface area contributed by atoms with Crippen LogP contribution in [0.2, 0.25) is 0 Å². The van der Waals surface area contributed by atoms with Gasteiger partial charge in [0.25, 0.3) is 0 Å². The number of likely N-dealkylation sites (tertiary alicyclic amines) is 1. The Kier molecular flexibility index (Phi) is 6.11. The van der Waals surface area contributed by atoms with Crippen LogP contribution in [0.15, 0.2) is 18.2 Å². The molecule has 0 bridgehead atoms. The van der Waals surface area contributed by atoms with Crippen LogP contribution < -0.4 is 11.1 Å². The van der Waals surface area contributed by atoms with Crippen molar-refractivity contribution in [3.63, 3.8) is 0 Å². The Labute approximate surface area is 140 Å². The van der Waals surface area contributed by atoms with Crippen molar-refractivity contribution in [3.8, 4) is 0 Å². The summed E-state index contributed by atoms with van der Waals surface area (Å²) in [5.74, 6) is -1.85. The van der Waals surface area contributed by atoms with Crippen LogP contribution in [0.1, 0.15) is 44.2 Å². The number of primary amides is 1. The third-order valence-electron chi connectivity index (χ3n) is 4.40. The Morgan fingerprint density at radius 2 is 2.00 bits per heavy atom. The van der Waals surface area contributed by atoms with Crippen LogP contribution in [-0.2, 0) is 4.79 Å². The number of nitrogens with one attached hydrogen (secondary N) is 1. The zero-order chi connectivity index (χ0) is 17.7. The number of benzene rings is 1. The third-order valence-corrected chi connectivity index (χ3v) is 4.40. The average Bonchev–Trinajstić information content (AvgIpc) is 2.54. The summed E-state index contributed by atoms with van der Waals surface area (Å²) in [5.41, 5.74) is 5.56. The maximum Gasteiger partial charge on any atom is 0.317 e. The standard InChI is InChI=1S/C17H23F2N3O2/c1-2-3-15(13-5-4-12(18)10-14(13)19)21-17(24)22-8-6-11(7-9-22)16(20)23/h4-5,10-11,15H,2-3,6-9H2,1H3,(H2,20,23)(H,21,24)/t15-/m1/s1. The average molecular weight is 339 g/mol. The van der Waals surface area contributed by atoms with Gasteiger partial charge in [-0.25, -0.2) is 13.6 Å². The summed E-state index contributed by atoms with van der Waals surface area (Å²) < 4.78 is 27.1. The van der Waals surface area contributed by atoms with Crippen LogP contribution in [0.4, 0.5) is 13.6 Å². The summed E-state index contributed by atoms with van der Waals surface area (Å²) in [6.45, 7) is 2.80. The molecule has 0 unspecified atom stereocenters. The van der Waals surface area contributed by atoms with E-state index in [0.717, 1.165) is 12.5 Å². The first-order valence-corrected chi connectivity index (χ1v) is 8.22. The van der Waals surface area contributed by atoms with Gasteiger partial charge in [0.2, 0.25) is 5.91 Å². The number of carbonyl (C=O) groups is 2. The number of hydrogen-bond acceptors (Lipinski definition) is 2. The van der Waals surface area contributed by atoms with Crippen molar-refractivity contribution in [1.29, 1.82) is 0 Å². The number of amides is 3. The van der Waals surface area contributed by atoms with Gasteiger partial charge in [-0.3, -0.25) is 4.79 Å². The molecule has 2 rings (SSSR count). The van der Waals surface area contributed by atoms with E-state index >= 15 is 0 Å². The second-order valence-corrected chi connectivity index (χ2v) is 6.12. The van der Waals surface area contributed by atoms with E-state index in [-0.39, 0.29) is 23.4 Å². The van der Waals surface area contributed by atoms with Gasteiger partial charge in [-0.2, -0.15) is 0 Å². The highest BCUT2D eigenvalue weighted by Crippen LogP contribution is 2.23. The van der Waals surface area contributed by atoms with Gasteiger partial charge >= 0.3 is 6.03 Å². The number of nitrogens with two attached hydrogens (primary N) is 1. The van der Waals surface area contributed by atoms with E-state index in [1.54, 1.807) is 4.90 Å². The number of urea groups is 1. The Hall–Kier alpha value is -2.18. The maximum absolute atomic E-state index is 14.0. The molecule has 1 saturated heterocycles. The zero-order valence-electron chi connectivity index (χ0n) is 13.7. The van der Waals surface area contributed by atoms with Gasteiger partial charge in [0, 0.05) is 30.6 Å². The molecule has 1 aliphatic heterocycles. The molecule has 0 aliphatic carbocycles. The van der Waals surface area contributed by atoms with E-state index in [1.807, 2.05) is 6.92 Å². The Bertz CT molecular complexity index is 601. The molecule has 1 heterocycles. The van der Waals surface area contributed by atoms with Gasteiger partial charge in [-0.05, 0) is 25.3 Å². The lowest BCUT2D eigenvalue weighted by Gasteiger charge is -2.32. The zero-order valence-corrected chi connectivity index (χ0v) is 13.7. The minimum absolute atomic E-state index is 0.199. The largest absolute Gasteiger partial charge is 0.369 e. The first-order valence-electron chi connectivity index (χ1n) is 8.22. The maximum atomic E-state index is 14.0. The monoisotopic (exact) mass is 339 g/mol. The number of hydrogen-bond donors (Lipinski definition) is 2. The lowest BCUT2D eigenvalue weighted by atomic mass is 9.96. The van der Waals surface area contributed by atoms with Crippen molar-refractivity contribution < 1.29 is 18.4 Å². The van der Waals surface area contributed by atoms with Crippen LogP contribution >= 0.6 is 0 Å². The van der Waals surface area contributed by atoms with E-state index in [9.17, 15) is 18.4 Å². The fraction of sp³-hybridized carbons (Fsp3) is 0.529. The van der Waals surface area contributed by atoms with E-state index < -0.39 is 17.7 Å². The summed E-state index contributed by atoms with van der Waals surface area (Å²) >= 11 is 0. The molecule has 1 aromatic rings. The quantitative estimate of drug-likeness (QED) is 0.865. The van der Waals surface area contributed by atoms with Crippen LogP contribution in [0.3, 0.4) is 0 Å².